The molecule has 1 aliphatic heterocycles. The van der Waals surface area contributed by atoms with E-state index < -0.39 is 0 Å². The molecule has 1 aliphatic rings. The maximum atomic E-state index is 11.1. The summed E-state index contributed by atoms with van der Waals surface area (Å²) in [5.41, 5.74) is 0. The number of hydrogen-bond acceptors (Lipinski definition) is 1. The molecule has 1 rings (SSSR count). The molecule has 0 aromatic rings. The molecule has 48 valence electrons. The molecule has 0 bridgehead atoms. The summed E-state index contributed by atoms with van der Waals surface area (Å²) in [6.45, 7) is 5.81. The average molecular weight is 115 g/mol. The van der Waals surface area contributed by atoms with Gasteiger partial charge in [-0.2, -0.15) is 0 Å². The molecule has 0 aromatic heterocycles. The third-order valence-corrected chi connectivity index (χ3v) is 2.06. The fourth-order valence-corrected chi connectivity index (χ4v) is 0.872. The fraction of sp³-hybridized carbons (Fsp3) is 1.00. The molecule has 1 unspecified atom stereocenters. The van der Waals surface area contributed by atoms with E-state index in [0.717, 1.165) is 19.5 Å². The van der Waals surface area contributed by atoms with Gasteiger partial charge in [-0.25, -0.2) is 0 Å². The molecule has 8 heavy (non-hydrogen) atoms. The zero-order valence-corrected chi connectivity index (χ0v) is 5.55. The SMILES string of the molecule is CCC(C)[N+]1([O-])CC1. The monoisotopic (exact) mass is 115 g/mol. The largest absolute Gasteiger partial charge is 0.632 e. The second-order valence-electron chi connectivity index (χ2n) is 2.66. The lowest BCUT2D eigenvalue weighted by molar-refractivity contribution is -0.772. The Hall–Kier alpha value is -0.0800. The summed E-state index contributed by atoms with van der Waals surface area (Å²) in [6, 6.07) is 0.343. The van der Waals surface area contributed by atoms with Gasteiger partial charge in [0.2, 0.25) is 0 Å². The van der Waals surface area contributed by atoms with Crippen LogP contribution in [-0.4, -0.2) is 23.8 Å². The van der Waals surface area contributed by atoms with Gasteiger partial charge >= 0.3 is 0 Å². The van der Waals surface area contributed by atoms with Crippen LogP contribution >= 0.6 is 0 Å². The summed E-state index contributed by atoms with van der Waals surface area (Å²) in [5.74, 6) is 0. The topological polar surface area (TPSA) is 23.1 Å². The molecule has 0 amide bonds. The first-order chi connectivity index (χ1) is 3.69. The summed E-state index contributed by atoms with van der Waals surface area (Å²) in [5, 5.41) is 11.1. The molecule has 0 saturated carbocycles. The smallest absolute Gasteiger partial charge is 0.129 e. The number of quaternary nitrogens is 1. The molecule has 0 radical (unpaired) electrons. The average Bonchev–Trinajstić information content (AvgIpc) is 2.47. The third-order valence-electron chi connectivity index (χ3n) is 2.06. The third kappa shape index (κ3) is 0.858. The zero-order valence-electron chi connectivity index (χ0n) is 5.55. The fourth-order valence-electron chi connectivity index (χ4n) is 0.872. The molecule has 0 spiro atoms. The van der Waals surface area contributed by atoms with E-state index in [4.69, 9.17) is 0 Å². The highest BCUT2D eigenvalue weighted by Crippen LogP contribution is 2.24. The minimum atomic E-state index is 0.0799. The van der Waals surface area contributed by atoms with E-state index in [1.54, 1.807) is 0 Å². The molecule has 1 saturated heterocycles. The van der Waals surface area contributed by atoms with Gasteiger partial charge in [0, 0.05) is 0 Å². The van der Waals surface area contributed by atoms with Gasteiger partial charge < -0.3 is 9.85 Å². The summed E-state index contributed by atoms with van der Waals surface area (Å²) in [7, 11) is 0. The van der Waals surface area contributed by atoms with Gasteiger partial charge in [-0.1, -0.05) is 6.92 Å². The van der Waals surface area contributed by atoms with Gasteiger partial charge in [0.15, 0.2) is 0 Å². The van der Waals surface area contributed by atoms with Crippen molar-refractivity contribution in [3.63, 3.8) is 0 Å². The number of nitrogens with zero attached hydrogens (tertiary/aromatic N) is 1. The molecule has 0 aromatic carbocycles. The van der Waals surface area contributed by atoms with Crippen LogP contribution in [0.3, 0.4) is 0 Å². The van der Waals surface area contributed by atoms with Gasteiger partial charge in [0.25, 0.3) is 0 Å². The lowest BCUT2D eigenvalue weighted by atomic mass is 10.3. The van der Waals surface area contributed by atoms with E-state index in [-0.39, 0.29) is 4.65 Å². The Morgan fingerprint density at radius 2 is 2.12 bits per heavy atom. The van der Waals surface area contributed by atoms with E-state index in [1.807, 2.05) is 6.92 Å². The van der Waals surface area contributed by atoms with Crippen molar-refractivity contribution >= 4 is 0 Å². The first kappa shape index (κ1) is 6.05. The number of hydrogen-bond donors (Lipinski definition) is 0. The van der Waals surface area contributed by atoms with Crippen molar-refractivity contribution in [2.24, 2.45) is 0 Å². The highest BCUT2D eigenvalue weighted by atomic mass is 16.6. The first-order valence-electron chi connectivity index (χ1n) is 3.27. The van der Waals surface area contributed by atoms with Crippen LogP contribution in [0.1, 0.15) is 20.3 Å². The predicted molar refractivity (Wildman–Crippen MR) is 33.1 cm³/mol. The molecule has 1 atom stereocenters. The van der Waals surface area contributed by atoms with Crippen LogP contribution < -0.4 is 0 Å². The Bertz CT molecular complexity index is 88.5. The van der Waals surface area contributed by atoms with E-state index in [2.05, 4.69) is 6.92 Å². The number of rotatable bonds is 2. The van der Waals surface area contributed by atoms with Crippen molar-refractivity contribution in [2.45, 2.75) is 26.3 Å². The molecule has 0 aliphatic carbocycles. The lowest BCUT2D eigenvalue weighted by Crippen LogP contribution is -2.28. The second kappa shape index (κ2) is 1.71. The summed E-state index contributed by atoms with van der Waals surface area (Å²) in [4.78, 5) is 0. The minimum absolute atomic E-state index is 0.0799. The maximum absolute atomic E-state index is 11.1. The zero-order chi connectivity index (χ0) is 6.20. The molecule has 1 heterocycles. The van der Waals surface area contributed by atoms with Crippen LogP contribution in [0.15, 0.2) is 0 Å². The van der Waals surface area contributed by atoms with E-state index in [1.165, 1.54) is 0 Å². The Morgan fingerprint density at radius 3 is 2.25 bits per heavy atom. The summed E-state index contributed by atoms with van der Waals surface area (Å²) in [6.07, 6.45) is 1.02. The predicted octanol–water partition coefficient (Wildman–Crippen LogP) is 1.11. The Morgan fingerprint density at radius 1 is 1.62 bits per heavy atom. The molecule has 2 nitrogen and oxygen atoms in total. The maximum Gasteiger partial charge on any atom is 0.129 e. The molecular weight excluding hydrogens is 102 g/mol. The molecular formula is C6H13NO. The van der Waals surface area contributed by atoms with Crippen LogP contribution in [0.2, 0.25) is 0 Å². The van der Waals surface area contributed by atoms with Crippen molar-refractivity contribution in [3.8, 4) is 0 Å². The van der Waals surface area contributed by atoms with Gasteiger partial charge in [-0.05, 0) is 13.3 Å². The van der Waals surface area contributed by atoms with Gasteiger partial charge in [0.05, 0.1) is 6.04 Å². The van der Waals surface area contributed by atoms with Crippen molar-refractivity contribution in [2.75, 3.05) is 13.1 Å². The van der Waals surface area contributed by atoms with E-state index in [9.17, 15) is 5.21 Å². The van der Waals surface area contributed by atoms with Gasteiger partial charge in [-0.3, -0.25) is 0 Å². The molecule has 0 N–H and O–H groups in total. The van der Waals surface area contributed by atoms with Crippen molar-refractivity contribution < 1.29 is 4.65 Å². The van der Waals surface area contributed by atoms with Crippen LogP contribution in [0, 0.1) is 5.21 Å². The molecule has 2 heteroatoms. The van der Waals surface area contributed by atoms with Crippen LogP contribution in [0.5, 0.6) is 0 Å². The summed E-state index contributed by atoms with van der Waals surface area (Å²) < 4.78 is 0.0799. The van der Waals surface area contributed by atoms with Crippen molar-refractivity contribution in [3.05, 3.63) is 5.21 Å². The van der Waals surface area contributed by atoms with Crippen LogP contribution in [-0.2, 0) is 0 Å². The summed E-state index contributed by atoms with van der Waals surface area (Å²) >= 11 is 0. The Balaban J connectivity index is 2.34. The van der Waals surface area contributed by atoms with E-state index >= 15 is 0 Å². The highest BCUT2D eigenvalue weighted by Gasteiger charge is 2.36. The van der Waals surface area contributed by atoms with E-state index in [0.29, 0.717) is 6.04 Å². The van der Waals surface area contributed by atoms with Gasteiger partial charge in [-0.15, -0.1) is 0 Å². The van der Waals surface area contributed by atoms with Crippen LogP contribution in [0.25, 0.3) is 0 Å². The number of hydroxylamine groups is 3. The first-order valence-corrected chi connectivity index (χ1v) is 3.27. The Labute approximate surface area is 50.3 Å². The lowest BCUT2D eigenvalue weighted by Gasteiger charge is -2.27. The second-order valence-corrected chi connectivity index (χ2v) is 2.66. The highest BCUT2D eigenvalue weighted by molar-refractivity contribution is 4.62. The minimum Gasteiger partial charge on any atom is -0.632 e. The van der Waals surface area contributed by atoms with Crippen molar-refractivity contribution in [1.29, 1.82) is 0 Å². The molecule has 1 fully saturated rings. The van der Waals surface area contributed by atoms with Crippen LogP contribution in [0.4, 0.5) is 0 Å². The Kier molecular flexibility index (Phi) is 1.29. The standard InChI is InChI=1S/C6H13NO/c1-3-6(2)7(8)4-5-7/h6H,3-5H2,1-2H3. The quantitative estimate of drug-likeness (QED) is 0.300. The normalized spacial score (nSPS) is 27.4. The van der Waals surface area contributed by atoms with Gasteiger partial charge in [0.1, 0.15) is 13.1 Å². The van der Waals surface area contributed by atoms with Crippen molar-refractivity contribution in [1.82, 2.24) is 0 Å².